The summed E-state index contributed by atoms with van der Waals surface area (Å²) < 4.78 is 0. The Bertz CT molecular complexity index is 668. The van der Waals surface area contributed by atoms with Crippen LogP contribution in [0.4, 0.5) is 11.4 Å². The number of amides is 1. The van der Waals surface area contributed by atoms with E-state index in [1.54, 1.807) is 6.07 Å². The fourth-order valence-electron chi connectivity index (χ4n) is 1.56. The number of hydrogen-bond acceptors (Lipinski definition) is 2. The summed E-state index contributed by atoms with van der Waals surface area (Å²) in [4.78, 5) is 12.1. The Balaban J connectivity index is 2.30. The molecule has 0 saturated heterocycles. The number of carbonyl (C=O) groups excluding carboxylic acids is 1. The maximum Gasteiger partial charge on any atom is 0.255 e. The van der Waals surface area contributed by atoms with Crippen LogP contribution in [0.3, 0.4) is 0 Å². The van der Waals surface area contributed by atoms with Crippen molar-refractivity contribution >= 4 is 63.7 Å². The molecule has 0 aliphatic heterocycles. The van der Waals surface area contributed by atoms with Crippen LogP contribution in [0, 0.1) is 0 Å². The first-order valence-electron chi connectivity index (χ1n) is 5.39. The number of halogens is 4. The van der Waals surface area contributed by atoms with Crippen molar-refractivity contribution in [1.29, 1.82) is 0 Å². The Hall–Kier alpha value is -1.13. The van der Waals surface area contributed by atoms with E-state index in [2.05, 4.69) is 5.32 Å². The van der Waals surface area contributed by atoms with Crippen molar-refractivity contribution in [1.82, 2.24) is 0 Å². The summed E-state index contributed by atoms with van der Waals surface area (Å²) in [5, 5.41) is 3.87. The zero-order chi connectivity index (χ0) is 14.9. The molecule has 0 heterocycles. The third-order valence-corrected chi connectivity index (χ3v) is 3.69. The van der Waals surface area contributed by atoms with Gasteiger partial charge in [0.25, 0.3) is 5.91 Å². The van der Waals surface area contributed by atoms with Crippen LogP contribution in [0.2, 0.25) is 20.1 Å². The quantitative estimate of drug-likeness (QED) is 0.583. The lowest BCUT2D eigenvalue weighted by atomic mass is 10.2. The summed E-state index contributed by atoms with van der Waals surface area (Å²) in [5.74, 6) is -0.403. The Morgan fingerprint density at radius 1 is 0.900 bits per heavy atom. The van der Waals surface area contributed by atoms with E-state index < -0.39 is 5.91 Å². The molecule has 0 aromatic heterocycles. The van der Waals surface area contributed by atoms with E-state index >= 15 is 0 Å². The highest BCUT2D eigenvalue weighted by atomic mass is 35.5. The lowest BCUT2D eigenvalue weighted by molar-refractivity contribution is 0.102. The first kappa shape index (κ1) is 15.3. The van der Waals surface area contributed by atoms with Crippen LogP contribution in [0.5, 0.6) is 0 Å². The number of rotatable bonds is 2. The van der Waals surface area contributed by atoms with Crippen LogP contribution >= 0.6 is 46.4 Å². The molecular weight excluding hydrogens is 342 g/mol. The van der Waals surface area contributed by atoms with Gasteiger partial charge in [-0.05, 0) is 30.3 Å². The molecule has 2 rings (SSSR count). The van der Waals surface area contributed by atoms with Gasteiger partial charge in [-0.2, -0.15) is 0 Å². The molecule has 0 aliphatic rings. The van der Waals surface area contributed by atoms with Crippen LogP contribution in [-0.2, 0) is 0 Å². The maximum absolute atomic E-state index is 12.1. The van der Waals surface area contributed by atoms with E-state index in [1.165, 1.54) is 24.3 Å². The summed E-state index contributed by atoms with van der Waals surface area (Å²) in [5.41, 5.74) is 6.70. The van der Waals surface area contributed by atoms with Crippen LogP contribution < -0.4 is 11.1 Å². The van der Waals surface area contributed by atoms with Gasteiger partial charge in [0.1, 0.15) is 0 Å². The smallest absolute Gasteiger partial charge is 0.255 e. The third-order valence-electron chi connectivity index (χ3n) is 2.44. The van der Waals surface area contributed by atoms with E-state index in [0.29, 0.717) is 27.0 Å². The number of nitrogens with one attached hydrogen (secondary N) is 1. The molecule has 104 valence electrons. The monoisotopic (exact) mass is 348 g/mol. The number of anilines is 2. The van der Waals surface area contributed by atoms with Crippen LogP contribution in [0.1, 0.15) is 10.4 Å². The average molecular weight is 350 g/mol. The molecule has 3 N–H and O–H groups in total. The Kier molecular flexibility index (Phi) is 4.66. The van der Waals surface area contributed by atoms with E-state index in [1.807, 2.05) is 0 Å². The Labute approximate surface area is 135 Å². The molecule has 20 heavy (non-hydrogen) atoms. The Morgan fingerprint density at radius 2 is 1.55 bits per heavy atom. The highest BCUT2D eigenvalue weighted by molar-refractivity contribution is 6.44. The van der Waals surface area contributed by atoms with Gasteiger partial charge in [0, 0.05) is 16.3 Å². The van der Waals surface area contributed by atoms with Gasteiger partial charge in [-0.1, -0.05) is 46.4 Å². The van der Waals surface area contributed by atoms with E-state index in [0.717, 1.165) is 0 Å². The SMILES string of the molecule is Nc1cc(Cl)cc(C(=O)Nc2cc(Cl)c(Cl)cc2Cl)c1. The van der Waals surface area contributed by atoms with E-state index in [9.17, 15) is 4.79 Å². The molecule has 0 radical (unpaired) electrons. The van der Waals surface area contributed by atoms with Crippen molar-refractivity contribution in [3.63, 3.8) is 0 Å². The van der Waals surface area contributed by atoms with Crippen molar-refractivity contribution in [2.24, 2.45) is 0 Å². The van der Waals surface area contributed by atoms with Crippen molar-refractivity contribution < 1.29 is 4.79 Å². The third kappa shape index (κ3) is 3.49. The van der Waals surface area contributed by atoms with E-state index in [4.69, 9.17) is 52.1 Å². The predicted molar refractivity (Wildman–Crippen MR) is 85.3 cm³/mol. The molecule has 3 nitrogen and oxygen atoms in total. The fourth-order valence-corrected chi connectivity index (χ4v) is 2.39. The highest BCUT2D eigenvalue weighted by Crippen LogP contribution is 2.32. The van der Waals surface area contributed by atoms with Gasteiger partial charge in [-0.3, -0.25) is 4.79 Å². The zero-order valence-corrected chi connectivity index (χ0v) is 12.9. The first-order valence-corrected chi connectivity index (χ1v) is 6.90. The van der Waals surface area contributed by atoms with Crippen LogP contribution in [-0.4, -0.2) is 5.91 Å². The van der Waals surface area contributed by atoms with Crippen molar-refractivity contribution in [2.75, 3.05) is 11.1 Å². The molecule has 0 atom stereocenters. The average Bonchev–Trinajstić information content (AvgIpc) is 2.34. The second-order valence-corrected chi connectivity index (χ2v) is 5.63. The minimum Gasteiger partial charge on any atom is -0.399 e. The molecule has 0 spiro atoms. The molecule has 0 aliphatic carbocycles. The predicted octanol–water partition coefficient (Wildman–Crippen LogP) is 5.13. The molecule has 7 heteroatoms. The molecule has 1 amide bonds. The van der Waals surface area contributed by atoms with Gasteiger partial charge >= 0.3 is 0 Å². The van der Waals surface area contributed by atoms with Crippen molar-refractivity contribution in [3.05, 3.63) is 56.0 Å². The summed E-state index contributed by atoms with van der Waals surface area (Å²) in [6.07, 6.45) is 0. The summed E-state index contributed by atoms with van der Waals surface area (Å²) in [6, 6.07) is 7.47. The molecule has 2 aromatic rings. The Morgan fingerprint density at radius 3 is 2.20 bits per heavy atom. The first-order chi connectivity index (χ1) is 9.36. The summed E-state index contributed by atoms with van der Waals surface area (Å²) in [6.45, 7) is 0. The topological polar surface area (TPSA) is 55.1 Å². The molecule has 0 fully saturated rings. The zero-order valence-electron chi connectivity index (χ0n) is 9.88. The second kappa shape index (κ2) is 6.10. The van der Waals surface area contributed by atoms with Gasteiger partial charge in [0.05, 0.1) is 20.8 Å². The molecule has 0 unspecified atom stereocenters. The largest absolute Gasteiger partial charge is 0.399 e. The molecule has 0 bridgehead atoms. The number of hydrogen-bond donors (Lipinski definition) is 2. The normalized spacial score (nSPS) is 10.4. The number of nitrogen functional groups attached to an aromatic ring is 1. The van der Waals surface area contributed by atoms with Crippen LogP contribution in [0.15, 0.2) is 30.3 Å². The minimum absolute atomic E-state index is 0.280. The summed E-state index contributed by atoms with van der Waals surface area (Å²) in [7, 11) is 0. The maximum atomic E-state index is 12.1. The van der Waals surface area contributed by atoms with Gasteiger partial charge in [0.15, 0.2) is 0 Å². The standard InChI is InChI=1S/C13H8Cl4N2O/c14-7-1-6(2-8(18)3-7)13(20)19-12-5-10(16)9(15)4-11(12)17/h1-5H,18H2,(H,19,20). The van der Waals surface area contributed by atoms with Crippen molar-refractivity contribution in [3.8, 4) is 0 Å². The minimum atomic E-state index is -0.403. The van der Waals surface area contributed by atoms with Gasteiger partial charge in [0.2, 0.25) is 0 Å². The fraction of sp³-hybridized carbons (Fsp3) is 0. The lowest BCUT2D eigenvalue weighted by Gasteiger charge is -2.09. The number of carbonyl (C=O) groups is 1. The van der Waals surface area contributed by atoms with E-state index in [-0.39, 0.29) is 10.0 Å². The van der Waals surface area contributed by atoms with Gasteiger partial charge < -0.3 is 11.1 Å². The highest BCUT2D eigenvalue weighted by Gasteiger charge is 2.12. The van der Waals surface area contributed by atoms with Crippen molar-refractivity contribution in [2.45, 2.75) is 0 Å². The number of benzene rings is 2. The molecular formula is C13H8Cl4N2O. The van der Waals surface area contributed by atoms with Gasteiger partial charge in [-0.15, -0.1) is 0 Å². The molecule has 2 aromatic carbocycles. The second-order valence-electron chi connectivity index (χ2n) is 3.97. The summed E-state index contributed by atoms with van der Waals surface area (Å²) >= 11 is 23.5. The van der Waals surface area contributed by atoms with Crippen LogP contribution in [0.25, 0.3) is 0 Å². The van der Waals surface area contributed by atoms with Gasteiger partial charge in [-0.25, -0.2) is 0 Å². The number of nitrogens with two attached hydrogens (primary N) is 1. The molecule has 0 saturated carbocycles. The lowest BCUT2D eigenvalue weighted by Crippen LogP contribution is -2.12.